The summed E-state index contributed by atoms with van der Waals surface area (Å²) >= 11 is 0. The zero-order valence-electron chi connectivity index (χ0n) is 13.9. The van der Waals surface area contributed by atoms with Gasteiger partial charge in [-0.3, -0.25) is 9.78 Å². The first-order chi connectivity index (χ1) is 11.7. The predicted octanol–water partition coefficient (Wildman–Crippen LogP) is 2.96. The number of hydrogen-bond acceptors (Lipinski definition) is 5. The molecule has 3 aromatic rings. The Morgan fingerprint density at radius 1 is 1.25 bits per heavy atom. The van der Waals surface area contributed by atoms with E-state index in [1.807, 2.05) is 16.8 Å². The summed E-state index contributed by atoms with van der Waals surface area (Å²) in [6.07, 6.45) is 5.45. The zero-order chi connectivity index (χ0) is 16.5. The summed E-state index contributed by atoms with van der Waals surface area (Å²) in [5.41, 5.74) is 2.70. The number of rotatable bonds is 4. The summed E-state index contributed by atoms with van der Waals surface area (Å²) in [7, 11) is 0. The van der Waals surface area contributed by atoms with Crippen LogP contribution in [0.2, 0.25) is 0 Å². The van der Waals surface area contributed by atoms with Gasteiger partial charge in [0.2, 0.25) is 5.88 Å². The number of H-pyrrole nitrogens is 1. The van der Waals surface area contributed by atoms with Gasteiger partial charge in [-0.2, -0.15) is 10.2 Å². The molecule has 24 heavy (non-hydrogen) atoms. The Balaban J connectivity index is 1.78. The maximum absolute atomic E-state index is 6.19. The Kier molecular flexibility index (Phi) is 3.93. The smallest absolute Gasteiger partial charge is 0.225 e. The predicted molar refractivity (Wildman–Crippen MR) is 90.0 cm³/mol. The van der Waals surface area contributed by atoms with Gasteiger partial charge in [0.25, 0.3) is 0 Å². The van der Waals surface area contributed by atoms with Crippen LogP contribution in [0.5, 0.6) is 5.88 Å². The molecule has 4 heterocycles. The van der Waals surface area contributed by atoms with Crippen molar-refractivity contribution >= 4 is 10.9 Å². The van der Waals surface area contributed by atoms with Crippen molar-refractivity contribution in [2.75, 3.05) is 13.2 Å². The molecule has 0 aliphatic carbocycles. The van der Waals surface area contributed by atoms with Gasteiger partial charge in [-0.05, 0) is 26.0 Å². The molecule has 0 radical (unpaired) electrons. The molecule has 0 aromatic carbocycles. The number of ether oxygens (including phenoxy) is 2. The first-order valence-corrected chi connectivity index (χ1v) is 8.35. The molecule has 7 heteroatoms. The van der Waals surface area contributed by atoms with Gasteiger partial charge in [0, 0.05) is 31.3 Å². The molecule has 126 valence electrons. The highest BCUT2D eigenvalue weighted by Crippen LogP contribution is 2.33. The molecule has 1 N–H and O–H groups in total. The highest BCUT2D eigenvalue weighted by Gasteiger charge is 2.22. The van der Waals surface area contributed by atoms with E-state index in [0.29, 0.717) is 5.88 Å². The normalized spacial score (nSPS) is 16.1. The number of hydrogen-bond donors (Lipinski definition) is 1. The number of fused-ring (bicyclic) bond motifs is 1. The van der Waals surface area contributed by atoms with Crippen molar-refractivity contribution < 1.29 is 9.47 Å². The van der Waals surface area contributed by atoms with E-state index in [1.54, 1.807) is 12.4 Å². The topological polar surface area (TPSA) is 77.9 Å². The van der Waals surface area contributed by atoms with Crippen LogP contribution in [0.1, 0.15) is 32.7 Å². The van der Waals surface area contributed by atoms with E-state index in [2.05, 4.69) is 34.1 Å². The molecule has 0 saturated carbocycles. The Labute approximate surface area is 140 Å². The Hall–Kier alpha value is -2.41. The van der Waals surface area contributed by atoms with Crippen molar-refractivity contribution in [3.05, 3.63) is 24.5 Å². The lowest BCUT2D eigenvalue weighted by Gasteiger charge is -2.23. The van der Waals surface area contributed by atoms with E-state index in [4.69, 9.17) is 9.47 Å². The Bertz CT molecular complexity index is 832. The average molecular weight is 327 g/mol. The van der Waals surface area contributed by atoms with E-state index in [0.717, 1.165) is 48.3 Å². The lowest BCUT2D eigenvalue weighted by atomic mass is 10.1. The van der Waals surface area contributed by atoms with Crippen molar-refractivity contribution in [2.45, 2.75) is 38.8 Å². The largest absolute Gasteiger partial charge is 0.474 e. The second kappa shape index (κ2) is 6.24. The SMILES string of the molecule is CC(C)n1nccc1-c1n[nH]c2ccnc(OC3CCOCC3)c12. The average Bonchev–Trinajstić information content (AvgIpc) is 3.22. The monoisotopic (exact) mass is 327 g/mol. The van der Waals surface area contributed by atoms with Gasteiger partial charge < -0.3 is 9.47 Å². The van der Waals surface area contributed by atoms with Gasteiger partial charge in [-0.25, -0.2) is 4.98 Å². The number of aromatic amines is 1. The highest BCUT2D eigenvalue weighted by atomic mass is 16.5. The van der Waals surface area contributed by atoms with E-state index in [1.165, 1.54) is 0 Å². The van der Waals surface area contributed by atoms with Crippen LogP contribution < -0.4 is 4.74 Å². The second-order valence-electron chi connectivity index (χ2n) is 6.30. The van der Waals surface area contributed by atoms with Crippen LogP contribution in [0, 0.1) is 0 Å². The van der Waals surface area contributed by atoms with Crippen LogP contribution in [-0.2, 0) is 4.74 Å². The first kappa shape index (κ1) is 15.1. The quantitative estimate of drug-likeness (QED) is 0.797. The molecule has 4 rings (SSSR count). The third kappa shape index (κ3) is 2.65. The fourth-order valence-electron chi connectivity index (χ4n) is 3.08. The Morgan fingerprint density at radius 3 is 2.88 bits per heavy atom. The molecular weight excluding hydrogens is 306 g/mol. The molecule has 0 amide bonds. The maximum atomic E-state index is 6.19. The van der Waals surface area contributed by atoms with Crippen LogP contribution in [0.4, 0.5) is 0 Å². The summed E-state index contributed by atoms with van der Waals surface area (Å²) in [6, 6.07) is 4.14. The van der Waals surface area contributed by atoms with E-state index in [-0.39, 0.29) is 12.1 Å². The Morgan fingerprint density at radius 2 is 2.08 bits per heavy atom. The van der Waals surface area contributed by atoms with Gasteiger partial charge in [0.1, 0.15) is 11.8 Å². The third-order valence-electron chi connectivity index (χ3n) is 4.29. The molecule has 0 atom stereocenters. The molecule has 3 aromatic heterocycles. The molecule has 1 saturated heterocycles. The van der Waals surface area contributed by atoms with Crippen LogP contribution in [0.25, 0.3) is 22.3 Å². The molecule has 1 fully saturated rings. The van der Waals surface area contributed by atoms with E-state index in [9.17, 15) is 0 Å². The summed E-state index contributed by atoms with van der Waals surface area (Å²) in [5.74, 6) is 0.625. The van der Waals surface area contributed by atoms with E-state index < -0.39 is 0 Å². The zero-order valence-corrected chi connectivity index (χ0v) is 13.9. The van der Waals surface area contributed by atoms with Crippen molar-refractivity contribution in [2.24, 2.45) is 0 Å². The molecule has 1 aliphatic heterocycles. The minimum atomic E-state index is 0.134. The van der Waals surface area contributed by atoms with Crippen LogP contribution in [-0.4, -0.2) is 44.3 Å². The number of nitrogens with zero attached hydrogens (tertiary/aromatic N) is 4. The molecule has 1 aliphatic rings. The summed E-state index contributed by atoms with van der Waals surface area (Å²) in [4.78, 5) is 4.47. The molecule has 0 unspecified atom stereocenters. The van der Waals surface area contributed by atoms with Gasteiger partial charge in [0.05, 0.1) is 29.8 Å². The number of aromatic nitrogens is 5. The standard InChI is InChI=1S/C17H21N5O2/c1-11(2)22-14(4-8-19-22)16-15-13(20-21-16)3-7-18-17(15)24-12-5-9-23-10-6-12/h3-4,7-8,11-12H,5-6,9-10H2,1-2H3,(H,20,21). The van der Waals surface area contributed by atoms with Gasteiger partial charge in [-0.15, -0.1) is 0 Å². The lowest BCUT2D eigenvalue weighted by Crippen LogP contribution is -2.26. The first-order valence-electron chi connectivity index (χ1n) is 8.35. The third-order valence-corrected chi connectivity index (χ3v) is 4.29. The van der Waals surface area contributed by atoms with Crippen LogP contribution >= 0.6 is 0 Å². The molecule has 0 spiro atoms. The minimum absolute atomic E-state index is 0.134. The van der Waals surface area contributed by atoms with Crippen LogP contribution in [0.3, 0.4) is 0 Å². The number of nitrogens with one attached hydrogen (secondary N) is 1. The second-order valence-corrected chi connectivity index (χ2v) is 6.30. The van der Waals surface area contributed by atoms with Gasteiger partial charge >= 0.3 is 0 Å². The van der Waals surface area contributed by atoms with Crippen LogP contribution in [0.15, 0.2) is 24.5 Å². The van der Waals surface area contributed by atoms with Crippen molar-refractivity contribution in [1.29, 1.82) is 0 Å². The summed E-state index contributed by atoms with van der Waals surface area (Å²) in [6.45, 7) is 5.67. The van der Waals surface area contributed by atoms with Gasteiger partial charge in [0.15, 0.2) is 0 Å². The lowest BCUT2D eigenvalue weighted by molar-refractivity contribution is 0.0244. The molecule has 7 nitrogen and oxygen atoms in total. The molecular formula is C17H21N5O2. The fourth-order valence-corrected chi connectivity index (χ4v) is 3.08. The highest BCUT2D eigenvalue weighted by molar-refractivity contribution is 5.95. The number of pyridine rings is 1. The molecule has 0 bridgehead atoms. The minimum Gasteiger partial charge on any atom is -0.474 e. The maximum Gasteiger partial charge on any atom is 0.225 e. The fraction of sp³-hybridized carbons (Fsp3) is 0.471. The van der Waals surface area contributed by atoms with Gasteiger partial charge in [-0.1, -0.05) is 0 Å². The van der Waals surface area contributed by atoms with Crippen molar-refractivity contribution in [3.8, 4) is 17.3 Å². The summed E-state index contributed by atoms with van der Waals surface area (Å²) < 4.78 is 13.5. The van der Waals surface area contributed by atoms with Crippen molar-refractivity contribution in [1.82, 2.24) is 25.0 Å². The summed E-state index contributed by atoms with van der Waals surface area (Å²) in [5, 5.41) is 12.9. The van der Waals surface area contributed by atoms with Crippen molar-refractivity contribution in [3.63, 3.8) is 0 Å². The van der Waals surface area contributed by atoms with E-state index >= 15 is 0 Å².